The minimum absolute atomic E-state index is 0.0883. The first-order chi connectivity index (χ1) is 13.0. The molecule has 2 aromatic rings. The van der Waals surface area contributed by atoms with E-state index in [1.165, 1.54) is 0 Å². The van der Waals surface area contributed by atoms with Crippen molar-refractivity contribution in [1.29, 1.82) is 0 Å². The predicted molar refractivity (Wildman–Crippen MR) is 103 cm³/mol. The van der Waals surface area contributed by atoms with Crippen LogP contribution in [-0.4, -0.2) is 45.2 Å². The van der Waals surface area contributed by atoms with E-state index in [4.69, 9.17) is 9.47 Å². The van der Waals surface area contributed by atoms with Gasteiger partial charge >= 0.3 is 0 Å². The Morgan fingerprint density at radius 3 is 2.78 bits per heavy atom. The molecule has 1 atom stereocenters. The number of aryl methyl sites for hydroxylation is 1. The largest absolute Gasteiger partial charge is 0.495 e. The molecular formula is C20H23N3O4. The molecule has 7 heteroatoms. The normalized spacial score (nSPS) is 15.4. The van der Waals surface area contributed by atoms with Crippen LogP contribution in [0.4, 0.5) is 11.4 Å². The van der Waals surface area contributed by atoms with E-state index in [1.807, 2.05) is 48.2 Å². The van der Waals surface area contributed by atoms with Crippen molar-refractivity contribution in [3.8, 4) is 11.5 Å². The lowest BCUT2D eigenvalue weighted by Gasteiger charge is -2.35. The number of ether oxygens (including phenoxy) is 2. The van der Waals surface area contributed by atoms with Crippen LogP contribution < -0.4 is 25.0 Å². The number of benzene rings is 2. The zero-order valence-corrected chi connectivity index (χ0v) is 15.6. The molecule has 0 bridgehead atoms. The molecule has 0 spiro atoms. The van der Waals surface area contributed by atoms with E-state index in [-0.39, 0.29) is 24.9 Å². The highest BCUT2D eigenvalue weighted by Crippen LogP contribution is 2.33. The van der Waals surface area contributed by atoms with Crippen molar-refractivity contribution < 1.29 is 19.1 Å². The Morgan fingerprint density at radius 1 is 1.26 bits per heavy atom. The number of rotatable bonds is 5. The Balaban J connectivity index is 1.78. The maximum absolute atomic E-state index is 12.7. The van der Waals surface area contributed by atoms with Gasteiger partial charge in [0.15, 0.2) is 6.10 Å². The van der Waals surface area contributed by atoms with E-state index in [2.05, 4.69) is 10.6 Å². The summed E-state index contributed by atoms with van der Waals surface area (Å²) in [6.45, 7) is 2.32. The molecule has 1 unspecified atom stereocenters. The number of likely N-dealkylation sites (N-methyl/N-ethyl adjacent to an activating group) is 1. The van der Waals surface area contributed by atoms with E-state index in [0.29, 0.717) is 17.2 Å². The van der Waals surface area contributed by atoms with Gasteiger partial charge in [0.1, 0.15) is 11.5 Å². The molecule has 3 rings (SSSR count). The minimum Gasteiger partial charge on any atom is -0.495 e. The average Bonchev–Trinajstić information content (AvgIpc) is 2.67. The maximum atomic E-state index is 12.7. The summed E-state index contributed by atoms with van der Waals surface area (Å²) in [6, 6.07) is 13.0. The van der Waals surface area contributed by atoms with Gasteiger partial charge in [0.05, 0.1) is 31.6 Å². The SMILES string of the molecule is CNC(=O)C1CN(CC(=O)Nc2cc(C)ccc2OC)c2ccccc2O1. The van der Waals surface area contributed by atoms with Crippen molar-refractivity contribution in [3.63, 3.8) is 0 Å². The molecule has 0 fully saturated rings. The van der Waals surface area contributed by atoms with Crippen LogP contribution in [0.15, 0.2) is 42.5 Å². The summed E-state index contributed by atoms with van der Waals surface area (Å²) >= 11 is 0. The molecule has 0 saturated carbocycles. The second kappa shape index (κ2) is 7.99. The Bertz CT molecular complexity index is 853. The lowest BCUT2D eigenvalue weighted by Crippen LogP contribution is -2.50. The van der Waals surface area contributed by atoms with E-state index < -0.39 is 6.10 Å². The van der Waals surface area contributed by atoms with Gasteiger partial charge < -0.3 is 25.0 Å². The molecule has 2 N–H and O–H groups in total. The lowest BCUT2D eigenvalue weighted by atomic mass is 10.1. The van der Waals surface area contributed by atoms with Crippen molar-refractivity contribution in [2.75, 3.05) is 37.5 Å². The molecular weight excluding hydrogens is 346 g/mol. The molecule has 2 aromatic carbocycles. The van der Waals surface area contributed by atoms with Gasteiger partial charge in [-0.15, -0.1) is 0 Å². The number of nitrogens with zero attached hydrogens (tertiary/aromatic N) is 1. The fraction of sp³-hybridized carbons (Fsp3) is 0.300. The average molecular weight is 369 g/mol. The van der Waals surface area contributed by atoms with Gasteiger partial charge in [0, 0.05) is 7.05 Å². The highest BCUT2D eigenvalue weighted by Gasteiger charge is 2.31. The van der Waals surface area contributed by atoms with Crippen molar-refractivity contribution in [2.45, 2.75) is 13.0 Å². The minimum atomic E-state index is -0.675. The fourth-order valence-electron chi connectivity index (χ4n) is 3.04. The number of fused-ring (bicyclic) bond motifs is 1. The van der Waals surface area contributed by atoms with E-state index in [1.54, 1.807) is 20.2 Å². The zero-order chi connectivity index (χ0) is 19.4. The second-order valence-electron chi connectivity index (χ2n) is 6.32. The number of hydrogen-bond donors (Lipinski definition) is 2. The van der Waals surface area contributed by atoms with E-state index >= 15 is 0 Å². The number of anilines is 2. The molecule has 1 aliphatic rings. The van der Waals surface area contributed by atoms with Crippen LogP contribution in [0.5, 0.6) is 11.5 Å². The summed E-state index contributed by atoms with van der Waals surface area (Å²) in [6.07, 6.45) is -0.675. The van der Waals surface area contributed by atoms with Crippen LogP contribution in [0, 0.1) is 6.92 Å². The third-order valence-electron chi connectivity index (χ3n) is 4.36. The van der Waals surface area contributed by atoms with Crippen molar-refractivity contribution in [1.82, 2.24) is 5.32 Å². The van der Waals surface area contributed by atoms with Crippen molar-refractivity contribution in [2.24, 2.45) is 0 Å². The lowest BCUT2D eigenvalue weighted by molar-refractivity contribution is -0.127. The van der Waals surface area contributed by atoms with Gasteiger partial charge in [0.2, 0.25) is 5.91 Å². The topological polar surface area (TPSA) is 79.9 Å². The van der Waals surface area contributed by atoms with Gasteiger partial charge in [0.25, 0.3) is 5.91 Å². The standard InChI is InChI=1S/C20H23N3O4/c1-13-8-9-16(26-3)14(10-13)22-19(24)12-23-11-18(20(25)21-2)27-17-7-5-4-6-15(17)23/h4-10,18H,11-12H2,1-3H3,(H,21,25)(H,22,24). The Labute approximate surface area is 158 Å². The highest BCUT2D eigenvalue weighted by molar-refractivity contribution is 5.96. The Kier molecular flexibility index (Phi) is 5.49. The summed E-state index contributed by atoms with van der Waals surface area (Å²) in [4.78, 5) is 26.6. The Hall–Kier alpha value is -3.22. The van der Waals surface area contributed by atoms with E-state index in [9.17, 15) is 9.59 Å². The first kappa shape index (κ1) is 18.6. The predicted octanol–water partition coefficient (Wildman–Crippen LogP) is 1.96. The van der Waals surface area contributed by atoms with Crippen molar-refractivity contribution in [3.05, 3.63) is 48.0 Å². The smallest absolute Gasteiger partial charge is 0.262 e. The van der Waals surface area contributed by atoms with Crippen molar-refractivity contribution >= 4 is 23.2 Å². The number of amides is 2. The van der Waals surface area contributed by atoms with Gasteiger partial charge in [-0.05, 0) is 36.8 Å². The van der Waals surface area contributed by atoms with Crippen LogP contribution in [0.2, 0.25) is 0 Å². The molecule has 0 saturated heterocycles. The monoisotopic (exact) mass is 369 g/mol. The zero-order valence-electron chi connectivity index (χ0n) is 15.6. The Morgan fingerprint density at radius 2 is 2.04 bits per heavy atom. The highest BCUT2D eigenvalue weighted by atomic mass is 16.5. The van der Waals surface area contributed by atoms with E-state index in [0.717, 1.165) is 11.3 Å². The molecule has 0 aromatic heterocycles. The van der Waals surface area contributed by atoms with Crippen LogP contribution >= 0.6 is 0 Å². The van der Waals surface area contributed by atoms with Gasteiger partial charge in [-0.2, -0.15) is 0 Å². The number of carbonyl (C=O) groups excluding carboxylic acids is 2. The van der Waals surface area contributed by atoms with Gasteiger partial charge in [-0.1, -0.05) is 18.2 Å². The number of nitrogens with one attached hydrogen (secondary N) is 2. The molecule has 0 aliphatic carbocycles. The summed E-state index contributed by atoms with van der Waals surface area (Å²) in [5.41, 5.74) is 2.42. The second-order valence-corrected chi connectivity index (χ2v) is 6.32. The van der Waals surface area contributed by atoms with Crippen LogP contribution in [0.1, 0.15) is 5.56 Å². The molecule has 0 radical (unpaired) electrons. The summed E-state index contributed by atoms with van der Waals surface area (Å²) in [7, 11) is 3.12. The molecule has 1 heterocycles. The maximum Gasteiger partial charge on any atom is 0.262 e. The first-order valence-electron chi connectivity index (χ1n) is 8.68. The van der Waals surface area contributed by atoms with Gasteiger partial charge in [-0.3, -0.25) is 9.59 Å². The molecule has 2 amide bonds. The molecule has 1 aliphatic heterocycles. The van der Waals surface area contributed by atoms with Gasteiger partial charge in [-0.25, -0.2) is 0 Å². The van der Waals surface area contributed by atoms with Crippen LogP contribution in [0.3, 0.4) is 0 Å². The number of para-hydroxylation sites is 2. The summed E-state index contributed by atoms with van der Waals surface area (Å²) in [5.74, 6) is 0.749. The summed E-state index contributed by atoms with van der Waals surface area (Å²) in [5, 5.41) is 5.48. The molecule has 27 heavy (non-hydrogen) atoms. The first-order valence-corrected chi connectivity index (χ1v) is 8.68. The number of carbonyl (C=O) groups is 2. The number of methoxy groups -OCH3 is 1. The molecule has 7 nitrogen and oxygen atoms in total. The fourth-order valence-corrected chi connectivity index (χ4v) is 3.04. The number of hydrogen-bond acceptors (Lipinski definition) is 5. The molecule has 142 valence electrons. The summed E-state index contributed by atoms with van der Waals surface area (Å²) < 4.78 is 11.1. The third-order valence-corrected chi connectivity index (χ3v) is 4.36. The van der Waals surface area contributed by atoms with Crippen LogP contribution in [0.25, 0.3) is 0 Å². The van der Waals surface area contributed by atoms with Crippen LogP contribution in [-0.2, 0) is 9.59 Å². The quantitative estimate of drug-likeness (QED) is 0.842. The third kappa shape index (κ3) is 4.13.